The molecule has 0 N–H and O–H groups in total. The number of rotatable bonds is 3. The second kappa shape index (κ2) is 4.18. The summed E-state index contributed by atoms with van der Waals surface area (Å²) in [5, 5.41) is 0. The Hall–Kier alpha value is -2.11. The molecule has 0 spiro atoms. The lowest BCUT2D eigenvalue weighted by Crippen LogP contribution is -2.38. The fourth-order valence-corrected chi connectivity index (χ4v) is 1.45. The molecule has 0 saturated heterocycles. The Kier molecular flexibility index (Phi) is 2.72. The summed E-state index contributed by atoms with van der Waals surface area (Å²) in [7, 11) is 1.62. The average Bonchev–Trinajstić information content (AvgIpc) is 2.77. The van der Waals surface area contributed by atoms with Crippen LogP contribution in [0.5, 0.6) is 0 Å². The molecule has 0 amide bonds. The van der Waals surface area contributed by atoms with E-state index in [1.54, 1.807) is 25.8 Å². The highest BCUT2D eigenvalue weighted by Crippen LogP contribution is 1.86. The summed E-state index contributed by atoms with van der Waals surface area (Å²) in [6, 6.07) is 1.38. The smallest absolute Gasteiger partial charge is 0.330 e. The first kappa shape index (κ1) is 10.4. The van der Waals surface area contributed by atoms with E-state index in [4.69, 9.17) is 0 Å². The normalized spacial score (nSPS) is 10.6. The molecular formula is C10H12N4O2. The van der Waals surface area contributed by atoms with E-state index < -0.39 is 0 Å². The monoisotopic (exact) mass is 220 g/mol. The van der Waals surface area contributed by atoms with Gasteiger partial charge in [-0.3, -0.25) is 9.36 Å². The number of nitrogens with zero attached hydrogens (tertiary/aromatic N) is 4. The Morgan fingerprint density at radius 2 is 2.06 bits per heavy atom. The lowest BCUT2D eigenvalue weighted by Gasteiger charge is -2.06. The molecule has 6 nitrogen and oxygen atoms in total. The Morgan fingerprint density at radius 1 is 1.25 bits per heavy atom. The minimum atomic E-state index is -0.299. The van der Waals surface area contributed by atoms with E-state index in [1.807, 2.05) is 4.57 Å². The minimum absolute atomic E-state index is 0.275. The number of hydrogen-bond acceptors (Lipinski definition) is 3. The predicted octanol–water partition coefficient (Wildman–Crippen LogP) is -0.556. The molecule has 6 heteroatoms. The highest BCUT2D eigenvalue weighted by atomic mass is 16.2. The highest BCUT2D eigenvalue weighted by Gasteiger charge is 2.02. The van der Waals surface area contributed by atoms with Gasteiger partial charge in [0, 0.05) is 44.8 Å². The molecule has 0 aromatic carbocycles. The molecule has 0 aliphatic carbocycles. The molecule has 84 valence electrons. The number of aromatic nitrogens is 4. The van der Waals surface area contributed by atoms with Crippen molar-refractivity contribution in [2.24, 2.45) is 7.05 Å². The van der Waals surface area contributed by atoms with Crippen LogP contribution in [0, 0.1) is 0 Å². The van der Waals surface area contributed by atoms with Crippen LogP contribution in [0.3, 0.4) is 0 Å². The van der Waals surface area contributed by atoms with Gasteiger partial charge in [0.05, 0.1) is 6.33 Å². The van der Waals surface area contributed by atoms with Crippen LogP contribution < -0.4 is 11.2 Å². The summed E-state index contributed by atoms with van der Waals surface area (Å²) in [5.41, 5.74) is -0.573. The van der Waals surface area contributed by atoms with Crippen molar-refractivity contribution in [2.45, 2.75) is 13.1 Å². The molecule has 0 aliphatic heterocycles. The van der Waals surface area contributed by atoms with Crippen molar-refractivity contribution in [3.8, 4) is 0 Å². The van der Waals surface area contributed by atoms with E-state index >= 15 is 0 Å². The van der Waals surface area contributed by atoms with Gasteiger partial charge in [-0.15, -0.1) is 0 Å². The second-order valence-corrected chi connectivity index (χ2v) is 3.50. The predicted molar refractivity (Wildman–Crippen MR) is 58.2 cm³/mol. The van der Waals surface area contributed by atoms with Crippen LogP contribution in [0.25, 0.3) is 0 Å². The minimum Gasteiger partial charge on any atom is -0.336 e. The molecule has 0 saturated carbocycles. The summed E-state index contributed by atoms with van der Waals surface area (Å²) < 4.78 is 4.41. The number of imidazole rings is 1. The average molecular weight is 220 g/mol. The zero-order chi connectivity index (χ0) is 11.5. The van der Waals surface area contributed by atoms with E-state index in [0.717, 1.165) is 0 Å². The van der Waals surface area contributed by atoms with Crippen LogP contribution in [0.4, 0.5) is 0 Å². The van der Waals surface area contributed by atoms with Crippen molar-refractivity contribution in [1.82, 2.24) is 18.7 Å². The molecule has 0 atom stereocenters. The van der Waals surface area contributed by atoms with Gasteiger partial charge < -0.3 is 9.13 Å². The van der Waals surface area contributed by atoms with Crippen molar-refractivity contribution >= 4 is 0 Å². The third kappa shape index (κ3) is 1.95. The summed E-state index contributed by atoms with van der Waals surface area (Å²) in [4.78, 5) is 27.0. The molecule has 0 radical (unpaired) electrons. The summed E-state index contributed by atoms with van der Waals surface area (Å²) in [6.07, 6.45) is 6.57. The van der Waals surface area contributed by atoms with Crippen molar-refractivity contribution in [2.75, 3.05) is 0 Å². The van der Waals surface area contributed by atoms with Crippen LogP contribution >= 0.6 is 0 Å². The van der Waals surface area contributed by atoms with Crippen LogP contribution in [0.1, 0.15) is 0 Å². The van der Waals surface area contributed by atoms with Gasteiger partial charge in [0.25, 0.3) is 5.56 Å². The van der Waals surface area contributed by atoms with Crippen molar-refractivity contribution in [1.29, 1.82) is 0 Å². The van der Waals surface area contributed by atoms with E-state index in [1.165, 1.54) is 21.4 Å². The van der Waals surface area contributed by atoms with Crippen molar-refractivity contribution < 1.29 is 0 Å². The fraction of sp³-hybridized carbons (Fsp3) is 0.300. The first-order chi connectivity index (χ1) is 7.68. The second-order valence-electron chi connectivity index (χ2n) is 3.50. The molecule has 0 bridgehead atoms. The molecular weight excluding hydrogens is 208 g/mol. The Morgan fingerprint density at radius 3 is 2.75 bits per heavy atom. The van der Waals surface area contributed by atoms with Gasteiger partial charge in [0.15, 0.2) is 0 Å². The number of aryl methyl sites for hydroxylation is 2. The molecule has 2 rings (SSSR count). The maximum Gasteiger partial charge on any atom is 0.330 e. The van der Waals surface area contributed by atoms with Gasteiger partial charge in [0.2, 0.25) is 0 Å². The third-order valence-electron chi connectivity index (χ3n) is 2.38. The SMILES string of the molecule is Cn1ccc(=O)n(CCn2ccnc2)c1=O. The molecule has 16 heavy (non-hydrogen) atoms. The summed E-state index contributed by atoms with van der Waals surface area (Å²) >= 11 is 0. The van der Waals surface area contributed by atoms with Gasteiger partial charge in [-0.05, 0) is 0 Å². The van der Waals surface area contributed by atoms with Gasteiger partial charge in [-0.2, -0.15) is 0 Å². The summed E-state index contributed by atoms with van der Waals surface area (Å²) in [5.74, 6) is 0. The van der Waals surface area contributed by atoms with Crippen molar-refractivity contribution in [3.63, 3.8) is 0 Å². The molecule has 0 unspecified atom stereocenters. The number of hydrogen-bond donors (Lipinski definition) is 0. The first-order valence-corrected chi connectivity index (χ1v) is 4.91. The highest BCUT2D eigenvalue weighted by molar-refractivity contribution is 4.85. The van der Waals surface area contributed by atoms with Crippen LogP contribution in [-0.2, 0) is 20.1 Å². The summed E-state index contributed by atoms with van der Waals surface area (Å²) in [6.45, 7) is 0.905. The van der Waals surface area contributed by atoms with Gasteiger partial charge in [0.1, 0.15) is 0 Å². The maximum absolute atomic E-state index is 11.7. The van der Waals surface area contributed by atoms with Crippen LogP contribution in [0.2, 0.25) is 0 Å². The van der Waals surface area contributed by atoms with E-state index in [9.17, 15) is 9.59 Å². The van der Waals surface area contributed by atoms with Crippen LogP contribution in [0.15, 0.2) is 40.6 Å². The molecule has 0 fully saturated rings. The molecule has 2 heterocycles. The largest absolute Gasteiger partial charge is 0.336 e. The lowest BCUT2D eigenvalue weighted by atomic mass is 10.5. The Bertz CT molecular complexity index is 580. The topological polar surface area (TPSA) is 61.8 Å². The lowest BCUT2D eigenvalue weighted by molar-refractivity contribution is 0.525. The van der Waals surface area contributed by atoms with Crippen LogP contribution in [-0.4, -0.2) is 18.7 Å². The molecule has 2 aromatic rings. The quantitative estimate of drug-likeness (QED) is 0.696. The van der Waals surface area contributed by atoms with Gasteiger partial charge in [-0.25, -0.2) is 9.78 Å². The van der Waals surface area contributed by atoms with E-state index in [2.05, 4.69) is 4.98 Å². The zero-order valence-corrected chi connectivity index (χ0v) is 8.91. The fourth-order valence-electron chi connectivity index (χ4n) is 1.45. The van der Waals surface area contributed by atoms with E-state index in [0.29, 0.717) is 13.1 Å². The first-order valence-electron chi connectivity index (χ1n) is 4.91. The third-order valence-corrected chi connectivity index (χ3v) is 2.38. The molecule has 2 aromatic heterocycles. The standard InChI is InChI=1S/C10H12N4O2/c1-12-4-2-9(15)14(10(12)16)7-6-13-5-3-11-8-13/h2-5,8H,6-7H2,1H3. The zero-order valence-electron chi connectivity index (χ0n) is 8.91. The van der Waals surface area contributed by atoms with Gasteiger partial charge >= 0.3 is 5.69 Å². The molecule has 0 aliphatic rings. The Labute approximate surface area is 91.4 Å². The maximum atomic E-state index is 11.7. The van der Waals surface area contributed by atoms with Crippen molar-refractivity contribution in [3.05, 3.63) is 51.8 Å². The van der Waals surface area contributed by atoms with Gasteiger partial charge in [-0.1, -0.05) is 0 Å². The van der Waals surface area contributed by atoms with E-state index in [-0.39, 0.29) is 11.2 Å². The Balaban J connectivity index is 2.25.